The highest BCUT2D eigenvalue weighted by molar-refractivity contribution is 7.09. The van der Waals surface area contributed by atoms with Crippen molar-refractivity contribution in [1.82, 2.24) is 20.0 Å². The van der Waals surface area contributed by atoms with Gasteiger partial charge in [0.15, 0.2) is 0 Å². The highest BCUT2D eigenvalue weighted by Gasteiger charge is 2.29. The van der Waals surface area contributed by atoms with Gasteiger partial charge in [-0.05, 0) is 28.1 Å². The Balaban J connectivity index is 1.55. The molecule has 0 aliphatic carbocycles. The first kappa shape index (κ1) is 15.9. The van der Waals surface area contributed by atoms with Crippen molar-refractivity contribution >= 4 is 17.4 Å². The van der Waals surface area contributed by atoms with Gasteiger partial charge < -0.3 is 10.2 Å². The third-order valence-electron chi connectivity index (χ3n) is 4.60. The van der Waals surface area contributed by atoms with Gasteiger partial charge in [-0.3, -0.25) is 4.68 Å². The molecule has 1 aliphatic heterocycles. The standard InChI is InChI=1S/C19H20N4OS/c1-22-11-15(9-21-22)18-13-23(12-14-5-2-3-7-17(14)18)19(24)20-10-16-6-4-8-25-16/h2-9,11,18H,10,12-13H2,1H3,(H,20,24)/t18-/m0/s1. The Morgan fingerprint density at radius 3 is 2.96 bits per heavy atom. The number of carbonyl (C=O) groups excluding carboxylic acids is 1. The van der Waals surface area contributed by atoms with Crippen LogP contribution in [0.3, 0.4) is 0 Å². The van der Waals surface area contributed by atoms with E-state index in [9.17, 15) is 4.79 Å². The molecule has 3 heterocycles. The number of aryl methyl sites for hydroxylation is 1. The molecular formula is C19H20N4OS. The number of urea groups is 1. The van der Waals surface area contributed by atoms with E-state index in [4.69, 9.17) is 0 Å². The lowest BCUT2D eigenvalue weighted by Crippen LogP contribution is -2.44. The number of amides is 2. The highest BCUT2D eigenvalue weighted by Crippen LogP contribution is 2.33. The van der Waals surface area contributed by atoms with Crippen molar-refractivity contribution in [1.29, 1.82) is 0 Å². The molecule has 0 unspecified atom stereocenters. The third kappa shape index (κ3) is 3.30. The molecule has 128 valence electrons. The summed E-state index contributed by atoms with van der Waals surface area (Å²) in [6.07, 6.45) is 3.93. The Morgan fingerprint density at radius 1 is 1.32 bits per heavy atom. The number of nitrogens with zero attached hydrogens (tertiary/aromatic N) is 3. The number of hydrogen-bond donors (Lipinski definition) is 1. The number of rotatable bonds is 3. The van der Waals surface area contributed by atoms with Crippen LogP contribution >= 0.6 is 11.3 Å². The van der Waals surface area contributed by atoms with Gasteiger partial charge in [-0.2, -0.15) is 5.10 Å². The zero-order valence-electron chi connectivity index (χ0n) is 14.1. The van der Waals surface area contributed by atoms with Crippen LogP contribution in [0.25, 0.3) is 0 Å². The molecule has 0 bridgehead atoms. The molecule has 1 atom stereocenters. The van der Waals surface area contributed by atoms with Gasteiger partial charge in [0.2, 0.25) is 0 Å². The predicted octanol–water partition coefficient (Wildman–Crippen LogP) is 3.34. The van der Waals surface area contributed by atoms with E-state index in [0.29, 0.717) is 19.6 Å². The molecule has 25 heavy (non-hydrogen) atoms. The monoisotopic (exact) mass is 352 g/mol. The average molecular weight is 352 g/mol. The summed E-state index contributed by atoms with van der Waals surface area (Å²) in [4.78, 5) is 15.7. The van der Waals surface area contributed by atoms with Crippen LogP contribution in [0.2, 0.25) is 0 Å². The van der Waals surface area contributed by atoms with Gasteiger partial charge in [-0.25, -0.2) is 4.79 Å². The fourth-order valence-electron chi connectivity index (χ4n) is 3.35. The Morgan fingerprint density at radius 2 is 2.20 bits per heavy atom. The van der Waals surface area contributed by atoms with Crippen LogP contribution in [-0.2, 0) is 20.1 Å². The van der Waals surface area contributed by atoms with E-state index in [1.807, 2.05) is 52.6 Å². The van der Waals surface area contributed by atoms with Crippen LogP contribution in [0.1, 0.15) is 27.5 Å². The summed E-state index contributed by atoms with van der Waals surface area (Å²) in [5.41, 5.74) is 3.64. The minimum atomic E-state index is -0.0169. The first-order valence-corrected chi connectivity index (χ1v) is 9.20. The van der Waals surface area contributed by atoms with E-state index in [-0.39, 0.29) is 11.9 Å². The lowest BCUT2D eigenvalue weighted by Gasteiger charge is -2.34. The molecule has 3 aromatic rings. The lowest BCUT2D eigenvalue weighted by atomic mass is 9.86. The van der Waals surface area contributed by atoms with Crippen molar-refractivity contribution in [3.63, 3.8) is 0 Å². The molecule has 6 heteroatoms. The Labute approximate surface area is 150 Å². The maximum atomic E-state index is 12.7. The van der Waals surface area contributed by atoms with E-state index in [0.717, 1.165) is 10.4 Å². The molecule has 0 spiro atoms. The largest absolute Gasteiger partial charge is 0.333 e. The molecule has 4 rings (SSSR count). The number of nitrogens with one attached hydrogen (secondary N) is 1. The SMILES string of the molecule is Cn1cc([C@@H]2CN(C(=O)NCc3cccs3)Cc3ccccc32)cn1. The molecule has 0 fully saturated rings. The number of fused-ring (bicyclic) bond motifs is 1. The second-order valence-corrected chi connectivity index (χ2v) is 7.35. The van der Waals surface area contributed by atoms with Gasteiger partial charge in [0.1, 0.15) is 0 Å². The summed E-state index contributed by atoms with van der Waals surface area (Å²) in [6.45, 7) is 1.88. The van der Waals surface area contributed by atoms with Gasteiger partial charge in [0.05, 0.1) is 12.7 Å². The predicted molar refractivity (Wildman–Crippen MR) is 98.5 cm³/mol. The van der Waals surface area contributed by atoms with Gasteiger partial charge in [-0.1, -0.05) is 30.3 Å². The van der Waals surface area contributed by atoms with Crippen molar-refractivity contribution < 1.29 is 4.79 Å². The number of aromatic nitrogens is 2. The highest BCUT2D eigenvalue weighted by atomic mass is 32.1. The summed E-state index contributed by atoms with van der Waals surface area (Å²) < 4.78 is 1.81. The number of hydrogen-bond acceptors (Lipinski definition) is 3. The van der Waals surface area contributed by atoms with E-state index in [1.54, 1.807) is 11.3 Å². The van der Waals surface area contributed by atoms with Crippen LogP contribution in [0.5, 0.6) is 0 Å². The molecule has 5 nitrogen and oxygen atoms in total. The van der Waals surface area contributed by atoms with Crippen molar-refractivity contribution in [3.8, 4) is 0 Å². The van der Waals surface area contributed by atoms with Crippen LogP contribution in [0.15, 0.2) is 54.2 Å². The fraction of sp³-hybridized carbons (Fsp3) is 0.263. The van der Waals surface area contributed by atoms with Crippen molar-refractivity contribution in [2.45, 2.75) is 19.0 Å². The van der Waals surface area contributed by atoms with E-state index in [2.05, 4.69) is 28.6 Å². The smallest absolute Gasteiger partial charge is 0.318 e. The van der Waals surface area contributed by atoms with Gasteiger partial charge in [-0.15, -0.1) is 11.3 Å². The molecule has 1 aliphatic rings. The summed E-state index contributed by atoms with van der Waals surface area (Å²) in [5.74, 6) is 0.158. The quantitative estimate of drug-likeness (QED) is 0.786. The van der Waals surface area contributed by atoms with Crippen molar-refractivity contribution in [3.05, 3.63) is 75.7 Å². The van der Waals surface area contributed by atoms with E-state index >= 15 is 0 Å². The summed E-state index contributed by atoms with van der Waals surface area (Å²) in [6, 6.07) is 12.4. The molecule has 0 saturated carbocycles. The Kier molecular flexibility index (Phi) is 4.28. The first-order valence-electron chi connectivity index (χ1n) is 8.32. The maximum Gasteiger partial charge on any atom is 0.318 e. The normalized spacial score (nSPS) is 16.5. The minimum absolute atomic E-state index is 0.0169. The topological polar surface area (TPSA) is 50.2 Å². The maximum absolute atomic E-state index is 12.7. The number of thiophene rings is 1. The molecule has 1 aromatic carbocycles. The Hall–Kier alpha value is -2.60. The molecular weight excluding hydrogens is 332 g/mol. The second kappa shape index (κ2) is 6.72. The van der Waals surface area contributed by atoms with Crippen molar-refractivity contribution in [2.24, 2.45) is 7.05 Å². The lowest BCUT2D eigenvalue weighted by molar-refractivity contribution is 0.188. The summed E-state index contributed by atoms with van der Waals surface area (Å²) in [5, 5.41) is 9.37. The fourth-order valence-corrected chi connectivity index (χ4v) is 4.00. The van der Waals surface area contributed by atoms with E-state index < -0.39 is 0 Å². The second-order valence-electron chi connectivity index (χ2n) is 6.32. The third-order valence-corrected chi connectivity index (χ3v) is 5.48. The van der Waals surface area contributed by atoms with Crippen LogP contribution in [-0.4, -0.2) is 27.3 Å². The summed E-state index contributed by atoms with van der Waals surface area (Å²) in [7, 11) is 1.92. The molecule has 2 amide bonds. The Bertz CT molecular complexity index is 871. The molecule has 2 aromatic heterocycles. The number of benzene rings is 1. The number of carbonyl (C=O) groups is 1. The van der Waals surface area contributed by atoms with E-state index in [1.165, 1.54) is 11.1 Å². The summed E-state index contributed by atoms with van der Waals surface area (Å²) >= 11 is 1.66. The van der Waals surface area contributed by atoms with Crippen molar-refractivity contribution in [2.75, 3.05) is 6.54 Å². The average Bonchev–Trinajstić information content (AvgIpc) is 3.30. The van der Waals surface area contributed by atoms with Gasteiger partial charge >= 0.3 is 6.03 Å². The van der Waals surface area contributed by atoms with Crippen LogP contribution in [0, 0.1) is 0 Å². The van der Waals surface area contributed by atoms with Gasteiger partial charge in [0.25, 0.3) is 0 Å². The zero-order valence-corrected chi connectivity index (χ0v) is 14.9. The zero-order chi connectivity index (χ0) is 17.2. The van der Waals surface area contributed by atoms with Gasteiger partial charge in [0, 0.05) is 37.1 Å². The molecule has 0 saturated heterocycles. The van der Waals surface area contributed by atoms with Crippen LogP contribution < -0.4 is 5.32 Å². The first-order chi connectivity index (χ1) is 12.2. The molecule has 1 N–H and O–H groups in total. The van der Waals surface area contributed by atoms with Crippen LogP contribution in [0.4, 0.5) is 4.79 Å². The minimum Gasteiger partial charge on any atom is -0.333 e. The molecule has 0 radical (unpaired) electrons.